The van der Waals surface area contributed by atoms with Crippen LogP contribution in [0, 0.1) is 6.92 Å². The molecule has 0 spiro atoms. The van der Waals surface area contributed by atoms with Crippen molar-refractivity contribution in [2.75, 3.05) is 31.1 Å². The van der Waals surface area contributed by atoms with Crippen molar-refractivity contribution < 1.29 is 4.79 Å². The van der Waals surface area contributed by atoms with Gasteiger partial charge in [0, 0.05) is 37.3 Å². The molecular weight excluding hydrogens is 400 g/mol. The standard InChI is InChI=1S/C26H24N4O2/c1-19-8-7-11-21(18-19)28-14-16-29(17-15-28)26(32)24-22-12-5-6-13-23(22)25(31)30(27-24)20-9-3-2-4-10-20/h2-13,18H,14-17H2,1H3. The molecule has 6 heteroatoms. The third kappa shape index (κ3) is 3.64. The molecule has 0 aliphatic carbocycles. The van der Waals surface area contributed by atoms with Gasteiger partial charge in [-0.3, -0.25) is 9.59 Å². The Labute approximate surface area is 186 Å². The maximum atomic E-state index is 13.5. The van der Waals surface area contributed by atoms with E-state index in [1.807, 2.05) is 47.4 Å². The maximum Gasteiger partial charge on any atom is 0.279 e. The molecule has 0 N–H and O–H groups in total. The topological polar surface area (TPSA) is 58.4 Å². The highest BCUT2D eigenvalue weighted by Crippen LogP contribution is 2.21. The summed E-state index contributed by atoms with van der Waals surface area (Å²) in [5, 5.41) is 5.62. The fraction of sp³-hybridized carbons (Fsp3) is 0.192. The van der Waals surface area contributed by atoms with E-state index in [1.54, 1.807) is 12.1 Å². The number of aromatic nitrogens is 2. The molecule has 3 aromatic carbocycles. The molecule has 4 aromatic rings. The van der Waals surface area contributed by atoms with E-state index >= 15 is 0 Å². The molecule has 5 rings (SSSR count). The number of anilines is 1. The van der Waals surface area contributed by atoms with Gasteiger partial charge in [0.25, 0.3) is 11.5 Å². The Morgan fingerprint density at radius 3 is 2.16 bits per heavy atom. The SMILES string of the molecule is Cc1cccc(N2CCN(C(=O)c3nn(-c4ccccc4)c(=O)c4ccccc34)CC2)c1. The van der Waals surface area contributed by atoms with Gasteiger partial charge in [-0.05, 0) is 42.8 Å². The number of hydrogen-bond acceptors (Lipinski definition) is 4. The van der Waals surface area contributed by atoms with Crippen LogP contribution in [-0.4, -0.2) is 46.8 Å². The van der Waals surface area contributed by atoms with E-state index in [9.17, 15) is 9.59 Å². The van der Waals surface area contributed by atoms with Gasteiger partial charge in [0.1, 0.15) is 0 Å². The molecule has 1 aliphatic rings. The molecule has 1 amide bonds. The zero-order chi connectivity index (χ0) is 22.1. The second-order valence-corrected chi connectivity index (χ2v) is 8.06. The molecule has 32 heavy (non-hydrogen) atoms. The first-order chi connectivity index (χ1) is 15.6. The first-order valence-electron chi connectivity index (χ1n) is 10.8. The van der Waals surface area contributed by atoms with Crippen LogP contribution in [0.15, 0.2) is 83.7 Å². The third-order valence-corrected chi connectivity index (χ3v) is 5.94. The molecule has 0 unspecified atom stereocenters. The van der Waals surface area contributed by atoms with Crippen LogP contribution in [-0.2, 0) is 0 Å². The second kappa shape index (κ2) is 8.30. The van der Waals surface area contributed by atoms with Gasteiger partial charge in [-0.25, -0.2) is 0 Å². The van der Waals surface area contributed by atoms with E-state index in [0.29, 0.717) is 35.2 Å². The van der Waals surface area contributed by atoms with Crippen molar-refractivity contribution in [3.05, 3.63) is 100 Å². The average Bonchev–Trinajstić information content (AvgIpc) is 2.85. The van der Waals surface area contributed by atoms with Gasteiger partial charge in [-0.2, -0.15) is 9.78 Å². The van der Waals surface area contributed by atoms with Crippen LogP contribution in [0.1, 0.15) is 16.1 Å². The Balaban J connectivity index is 1.48. The number of hydrogen-bond donors (Lipinski definition) is 0. The normalized spacial score (nSPS) is 14.0. The van der Waals surface area contributed by atoms with Gasteiger partial charge in [0.15, 0.2) is 5.69 Å². The van der Waals surface area contributed by atoms with Crippen molar-refractivity contribution in [1.82, 2.24) is 14.7 Å². The molecule has 1 aliphatic heterocycles. The fourth-order valence-corrected chi connectivity index (χ4v) is 4.23. The van der Waals surface area contributed by atoms with Gasteiger partial charge in [-0.1, -0.05) is 48.5 Å². The minimum atomic E-state index is -0.229. The zero-order valence-corrected chi connectivity index (χ0v) is 17.9. The van der Waals surface area contributed by atoms with E-state index in [1.165, 1.54) is 15.9 Å². The molecule has 6 nitrogen and oxygen atoms in total. The lowest BCUT2D eigenvalue weighted by Crippen LogP contribution is -2.49. The van der Waals surface area contributed by atoms with Crippen molar-refractivity contribution in [3.63, 3.8) is 0 Å². The number of fused-ring (bicyclic) bond motifs is 1. The molecule has 0 atom stereocenters. The highest BCUT2D eigenvalue weighted by atomic mass is 16.2. The summed E-state index contributed by atoms with van der Waals surface area (Å²) in [6.07, 6.45) is 0. The maximum absolute atomic E-state index is 13.5. The lowest BCUT2D eigenvalue weighted by atomic mass is 10.1. The van der Waals surface area contributed by atoms with E-state index in [2.05, 4.69) is 41.2 Å². The molecule has 0 saturated carbocycles. The van der Waals surface area contributed by atoms with Crippen molar-refractivity contribution in [2.24, 2.45) is 0 Å². The number of amides is 1. The number of para-hydroxylation sites is 1. The Hall–Kier alpha value is -3.93. The summed E-state index contributed by atoms with van der Waals surface area (Å²) < 4.78 is 1.33. The smallest absolute Gasteiger partial charge is 0.279 e. The summed E-state index contributed by atoms with van der Waals surface area (Å²) in [6.45, 7) is 4.80. The summed E-state index contributed by atoms with van der Waals surface area (Å²) in [4.78, 5) is 30.7. The van der Waals surface area contributed by atoms with E-state index in [4.69, 9.17) is 0 Å². The van der Waals surface area contributed by atoms with E-state index in [-0.39, 0.29) is 11.5 Å². The largest absolute Gasteiger partial charge is 0.368 e. The number of aryl methyl sites for hydroxylation is 1. The monoisotopic (exact) mass is 424 g/mol. The van der Waals surface area contributed by atoms with Crippen molar-refractivity contribution in [3.8, 4) is 5.69 Å². The summed E-state index contributed by atoms with van der Waals surface area (Å²) >= 11 is 0. The predicted molar refractivity (Wildman–Crippen MR) is 127 cm³/mol. The van der Waals surface area contributed by atoms with Crippen LogP contribution in [0.5, 0.6) is 0 Å². The molecule has 160 valence electrons. The van der Waals surface area contributed by atoms with Crippen molar-refractivity contribution in [2.45, 2.75) is 6.92 Å². The number of piperazine rings is 1. The van der Waals surface area contributed by atoms with Gasteiger partial charge in [0.05, 0.1) is 11.1 Å². The van der Waals surface area contributed by atoms with Gasteiger partial charge >= 0.3 is 0 Å². The number of rotatable bonds is 3. The quantitative estimate of drug-likeness (QED) is 0.504. The molecule has 1 aromatic heterocycles. The van der Waals surface area contributed by atoms with Crippen molar-refractivity contribution in [1.29, 1.82) is 0 Å². The molecule has 1 saturated heterocycles. The number of carbonyl (C=O) groups is 1. The number of benzene rings is 3. The molecule has 2 heterocycles. The fourth-order valence-electron chi connectivity index (χ4n) is 4.23. The summed E-state index contributed by atoms with van der Waals surface area (Å²) in [5.74, 6) is -0.144. The molecule has 0 radical (unpaired) electrons. The molecular formula is C26H24N4O2. The van der Waals surface area contributed by atoms with Crippen molar-refractivity contribution >= 4 is 22.4 Å². The first-order valence-corrected chi connectivity index (χ1v) is 10.8. The summed E-state index contributed by atoms with van der Waals surface area (Å²) in [7, 11) is 0. The Kier molecular flexibility index (Phi) is 5.19. The van der Waals surface area contributed by atoms with E-state index in [0.717, 1.165) is 13.1 Å². The number of carbonyl (C=O) groups excluding carboxylic acids is 1. The van der Waals surface area contributed by atoms with E-state index < -0.39 is 0 Å². The molecule has 0 bridgehead atoms. The van der Waals surface area contributed by atoms with Crippen LogP contribution >= 0.6 is 0 Å². The third-order valence-electron chi connectivity index (χ3n) is 5.94. The second-order valence-electron chi connectivity index (χ2n) is 8.06. The van der Waals surface area contributed by atoms with Gasteiger partial charge in [-0.15, -0.1) is 0 Å². The minimum absolute atomic E-state index is 0.144. The summed E-state index contributed by atoms with van der Waals surface area (Å²) in [6, 6.07) is 24.8. The Bertz CT molecular complexity index is 1340. The number of nitrogens with zero attached hydrogens (tertiary/aromatic N) is 4. The lowest BCUT2D eigenvalue weighted by molar-refractivity contribution is 0.0741. The highest BCUT2D eigenvalue weighted by Gasteiger charge is 2.26. The Morgan fingerprint density at radius 2 is 1.44 bits per heavy atom. The zero-order valence-electron chi connectivity index (χ0n) is 17.9. The Morgan fingerprint density at radius 1 is 0.781 bits per heavy atom. The lowest BCUT2D eigenvalue weighted by Gasteiger charge is -2.36. The average molecular weight is 425 g/mol. The van der Waals surface area contributed by atoms with Crippen LogP contribution in [0.2, 0.25) is 0 Å². The molecule has 1 fully saturated rings. The predicted octanol–water partition coefficient (Wildman–Crippen LogP) is 3.66. The van der Waals surface area contributed by atoms with Crippen LogP contribution < -0.4 is 10.5 Å². The minimum Gasteiger partial charge on any atom is -0.368 e. The van der Waals surface area contributed by atoms with Gasteiger partial charge < -0.3 is 9.80 Å². The van der Waals surface area contributed by atoms with Gasteiger partial charge in [0.2, 0.25) is 0 Å². The summed E-state index contributed by atoms with van der Waals surface area (Å²) in [5.41, 5.74) is 3.13. The van der Waals surface area contributed by atoms with Crippen LogP contribution in [0.25, 0.3) is 16.5 Å². The van der Waals surface area contributed by atoms with Crippen LogP contribution in [0.4, 0.5) is 5.69 Å². The first kappa shape index (κ1) is 20.0. The van der Waals surface area contributed by atoms with Crippen LogP contribution in [0.3, 0.4) is 0 Å². The highest BCUT2D eigenvalue weighted by molar-refractivity contribution is 6.05.